The molecule has 0 atom stereocenters. The summed E-state index contributed by atoms with van der Waals surface area (Å²) in [6.07, 6.45) is 10.2. The Kier molecular flexibility index (Phi) is 4.77. The maximum absolute atomic E-state index is 4.36. The van der Waals surface area contributed by atoms with Crippen molar-refractivity contribution in [3.8, 4) is 0 Å². The Bertz CT molecular complexity index is 809. The summed E-state index contributed by atoms with van der Waals surface area (Å²) < 4.78 is 2.47. The van der Waals surface area contributed by atoms with Gasteiger partial charge in [0.05, 0.1) is 0 Å². The van der Waals surface area contributed by atoms with Crippen LogP contribution in [0.2, 0.25) is 0 Å². The third kappa shape index (κ3) is 3.45. The Labute approximate surface area is 138 Å². The average Bonchev–Trinajstić information content (AvgIpc) is 2.84. The van der Waals surface area contributed by atoms with Crippen LogP contribution in [0.3, 0.4) is 0 Å². The molecule has 0 bridgehead atoms. The van der Waals surface area contributed by atoms with Crippen molar-refractivity contribution in [2.24, 2.45) is 0 Å². The number of aryl methyl sites for hydroxylation is 1. The van der Waals surface area contributed by atoms with E-state index in [0.717, 1.165) is 32.5 Å². The van der Waals surface area contributed by atoms with E-state index in [1.54, 1.807) is 0 Å². The molecule has 3 heterocycles. The third-order valence-corrected chi connectivity index (χ3v) is 4.43. The summed E-state index contributed by atoms with van der Waals surface area (Å²) in [6, 6.07) is 4.20. The van der Waals surface area contributed by atoms with Gasteiger partial charge in [0.15, 0.2) is 0 Å². The Morgan fingerprint density at radius 3 is 2.87 bits per heavy atom. The predicted molar refractivity (Wildman–Crippen MR) is 96.5 cm³/mol. The van der Waals surface area contributed by atoms with Crippen molar-refractivity contribution >= 4 is 12.7 Å². The van der Waals surface area contributed by atoms with Gasteiger partial charge in [0.1, 0.15) is 0 Å². The SMILES string of the molecule is C=c1c2c(n(CCc3ccncc3)/c1=C/C=C(C)C)CCNC2. The molecule has 0 aromatic carbocycles. The molecule has 0 aliphatic carbocycles. The van der Waals surface area contributed by atoms with E-state index in [0.29, 0.717) is 0 Å². The number of allylic oxidation sites excluding steroid dienone is 2. The van der Waals surface area contributed by atoms with Crippen LogP contribution in [-0.2, 0) is 25.9 Å². The van der Waals surface area contributed by atoms with Gasteiger partial charge in [-0.3, -0.25) is 4.98 Å². The quantitative estimate of drug-likeness (QED) is 0.935. The maximum atomic E-state index is 4.36. The topological polar surface area (TPSA) is 29.9 Å². The van der Waals surface area contributed by atoms with E-state index in [1.807, 2.05) is 12.4 Å². The molecule has 3 nitrogen and oxygen atoms in total. The number of nitrogens with one attached hydrogen (secondary N) is 1. The highest BCUT2D eigenvalue weighted by atomic mass is 15.0. The zero-order valence-electron chi connectivity index (χ0n) is 14.1. The van der Waals surface area contributed by atoms with E-state index in [9.17, 15) is 0 Å². The molecular weight excluding hydrogens is 282 g/mol. The molecular formula is C20H25N3. The predicted octanol–water partition coefficient (Wildman–Crippen LogP) is 1.93. The summed E-state index contributed by atoms with van der Waals surface area (Å²) in [5.74, 6) is 0. The van der Waals surface area contributed by atoms with Gasteiger partial charge in [0.2, 0.25) is 0 Å². The van der Waals surface area contributed by atoms with Crippen molar-refractivity contribution in [3.63, 3.8) is 0 Å². The van der Waals surface area contributed by atoms with Gasteiger partial charge in [-0.2, -0.15) is 0 Å². The van der Waals surface area contributed by atoms with E-state index < -0.39 is 0 Å². The average molecular weight is 307 g/mol. The van der Waals surface area contributed by atoms with Gasteiger partial charge in [-0.1, -0.05) is 18.2 Å². The van der Waals surface area contributed by atoms with Crippen LogP contribution in [0, 0.1) is 0 Å². The standard InChI is InChI=1S/C20H25N3/c1-15(2)4-5-19-16(3)18-14-22-12-8-20(18)23(19)13-9-17-6-10-21-11-7-17/h4-7,10-11,22H,3,8-9,12-14H2,1-2H3/b19-5+. The second kappa shape index (κ2) is 6.97. The normalized spacial score (nSPS) is 14.6. The molecule has 3 heteroatoms. The lowest BCUT2D eigenvalue weighted by Gasteiger charge is -2.17. The molecule has 0 saturated carbocycles. The van der Waals surface area contributed by atoms with E-state index in [1.165, 1.54) is 33.0 Å². The number of pyridine rings is 1. The van der Waals surface area contributed by atoms with Crippen LogP contribution < -0.4 is 15.9 Å². The van der Waals surface area contributed by atoms with Crippen LogP contribution in [0.4, 0.5) is 0 Å². The Morgan fingerprint density at radius 1 is 1.35 bits per heavy atom. The minimum absolute atomic E-state index is 0.937. The Morgan fingerprint density at radius 2 is 2.13 bits per heavy atom. The number of nitrogens with zero attached hydrogens (tertiary/aromatic N) is 2. The lowest BCUT2D eigenvalue weighted by atomic mass is 10.1. The van der Waals surface area contributed by atoms with Crippen LogP contribution in [-0.4, -0.2) is 16.1 Å². The Hall–Kier alpha value is -2.13. The number of fused-ring (bicyclic) bond motifs is 1. The van der Waals surface area contributed by atoms with E-state index in [4.69, 9.17) is 0 Å². The highest BCUT2D eigenvalue weighted by Gasteiger charge is 2.16. The molecule has 120 valence electrons. The third-order valence-electron chi connectivity index (χ3n) is 4.43. The molecule has 23 heavy (non-hydrogen) atoms. The molecule has 1 aliphatic rings. The molecule has 1 N–H and O–H groups in total. The second-order valence-electron chi connectivity index (χ2n) is 6.38. The molecule has 2 aromatic rings. The second-order valence-corrected chi connectivity index (χ2v) is 6.38. The minimum Gasteiger partial charge on any atom is -0.344 e. The van der Waals surface area contributed by atoms with Gasteiger partial charge in [-0.05, 0) is 54.8 Å². The number of hydrogen-bond donors (Lipinski definition) is 1. The van der Waals surface area contributed by atoms with Crippen LogP contribution in [0.1, 0.15) is 30.7 Å². The summed E-state index contributed by atoms with van der Waals surface area (Å²) in [5.41, 5.74) is 5.48. The summed E-state index contributed by atoms with van der Waals surface area (Å²) in [6.45, 7) is 11.6. The van der Waals surface area contributed by atoms with Crippen LogP contribution >= 0.6 is 0 Å². The molecule has 3 rings (SSSR count). The van der Waals surface area contributed by atoms with Crippen molar-refractivity contribution < 1.29 is 0 Å². The van der Waals surface area contributed by atoms with Gasteiger partial charge in [-0.15, -0.1) is 0 Å². The minimum atomic E-state index is 0.937. The van der Waals surface area contributed by atoms with E-state index in [-0.39, 0.29) is 0 Å². The summed E-state index contributed by atoms with van der Waals surface area (Å²) in [5, 5.41) is 5.91. The van der Waals surface area contributed by atoms with Gasteiger partial charge < -0.3 is 9.88 Å². The summed E-state index contributed by atoms with van der Waals surface area (Å²) >= 11 is 0. The molecule has 2 aromatic heterocycles. The zero-order chi connectivity index (χ0) is 16.2. The highest BCUT2D eigenvalue weighted by molar-refractivity contribution is 5.42. The fraction of sp³-hybridized carbons (Fsp3) is 0.350. The smallest absolute Gasteiger partial charge is 0.0479 e. The molecule has 0 radical (unpaired) electrons. The molecule has 0 amide bonds. The molecule has 0 fully saturated rings. The fourth-order valence-electron chi connectivity index (χ4n) is 3.20. The largest absolute Gasteiger partial charge is 0.344 e. The van der Waals surface area contributed by atoms with Gasteiger partial charge in [0.25, 0.3) is 0 Å². The number of hydrogen-bond acceptors (Lipinski definition) is 2. The Balaban J connectivity index is 2.01. The van der Waals surface area contributed by atoms with Crippen molar-refractivity contribution in [1.29, 1.82) is 0 Å². The van der Waals surface area contributed by atoms with Crippen LogP contribution in [0.15, 0.2) is 36.2 Å². The summed E-state index contributed by atoms with van der Waals surface area (Å²) in [7, 11) is 0. The van der Waals surface area contributed by atoms with Crippen LogP contribution in [0.5, 0.6) is 0 Å². The van der Waals surface area contributed by atoms with Crippen LogP contribution in [0.25, 0.3) is 12.7 Å². The molecule has 1 aliphatic heterocycles. The maximum Gasteiger partial charge on any atom is 0.0479 e. The monoisotopic (exact) mass is 307 g/mol. The highest BCUT2D eigenvalue weighted by Crippen LogP contribution is 2.10. The first kappa shape index (κ1) is 15.8. The fourth-order valence-corrected chi connectivity index (χ4v) is 3.20. The molecule has 0 unspecified atom stereocenters. The first-order valence-corrected chi connectivity index (χ1v) is 8.31. The van der Waals surface area contributed by atoms with Crippen molar-refractivity contribution in [2.45, 2.75) is 39.8 Å². The number of aromatic nitrogens is 2. The van der Waals surface area contributed by atoms with Crippen molar-refractivity contribution in [3.05, 3.63) is 63.6 Å². The molecule has 0 spiro atoms. The van der Waals surface area contributed by atoms with E-state index in [2.05, 4.69) is 59.6 Å². The number of rotatable bonds is 4. The van der Waals surface area contributed by atoms with Gasteiger partial charge in [0, 0.05) is 49.5 Å². The molecule has 0 saturated heterocycles. The van der Waals surface area contributed by atoms with Crippen molar-refractivity contribution in [1.82, 2.24) is 14.9 Å². The van der Waals surface area contributed by atoms with Gasteiger partial charge in [-0.25, -0.2) is 0 Å². The van der Waals surface area contributed by atoms with E-state index >= 15 is 0 Å². The lowest BCUT2D eigenvalue weighted by molar-refractivity contribution is 0.581. The first-order valence-electron chi connectivity index (χ1n) is 8.31. The summed E-state index contributed by atoms with van der Waals surface area (Å²) in [4.78, 5) is 4.10. The van der Waals surface area contributed by atoms with Gasteiger partial charge >= 0.3 is 0 Å². The first-order chi connectivity index (χ1) is 11.2. The zero-order valence-corrected chi connectivity index (χ0v) is 14.1. The lowest BCUT2D eigenvalue weighted by Crippen LogP contribution is -2.30. The van der Waals surface area contributed by atoms with Crippen molar-refractivity contribution in [2.75, 3.05) is 6.54 Å².